The lowest BCUT2D eigenvalue weighted by atomic mass is 9.97. The van der Waals surface area contributed by atoms with E-state index in [0.29, 0.717) is 30.3 Å². The number of carbonyl (C=O) groups is 1. The van der Waals surface area contributed by atoms with Gasteiger partial charge in [-0.15, -0.1) is 0 Å². The number of pyridine rings is 1. The smallest absolute Gasteiger partial charge is 0.346 e. The number of aromatic nitrogens is 2. The Hall–Kier alpha value is -3.08. The lowest BCUT2D eigenvalue weighted by Crippen LogP contribution is -2.33. The molecule has 2 heterocycles. The zero-order valence-electron chi connectivity index (χ0n) is 17.4. The highest BCUT2D eigenvalue weighted by atomic mass is 32.2. The normalized spacial score (nSPS) is 17.1. The number of hydrogen-bond donors (Lipinski definition) is 2. The quantitative estimate of drug-likeness (QED) is 0.483. The van der Waals surface area contributed by atoms with E-state index in [2.05, 4.69) is 14.7 Å². The van der Waals surface area contributed by atoms with Crippen LogP contribution in [0.4, 0.5) is 24.7 Å². The Morgan fingerprint density at radius 3 is 2.45 bits per heavy atom. The van der Waals surface area contributed by atoms with E-state index in [9.17, 15) is 26.4 Å². The highest BCUT2D eigenvalue weighted by Gasteiger charge is 2.37. The van der Waals surface area contributed by atoms with Crippen LogP contribution in [0.15, 0.2) is 36.5 Å². The molecule has 1 aromatic carbocycles. The SMILES string of the molecule is O=CN(c1cc(-c2ccc(NS(=O)(=O)C3CCC3)cc2C(F)(F)F)c2cc[nH]c2n1)C1CC1. The summed E-state index contributed by atoms with van der Waals surface area (Å²) in [7, 11) is -3.74. The maximum atomic E-state index is 14.1. The number of anilines is 2. The molecule has 2 aliphatic carbocycles. The van der Waals surface area contributed by atoms with Gasteiger partial charge in [-0.3, -0.25) is 14.4 Å². The van der Waals surface area contributed by atoms with Gasteiger partial charge in [-0.2, -0.15) is 13.2 Å². The maximum Gasteiger partial charge on any atom is 0.417 e. The fraction of sp³-hybridized carbons (Fsp3) is 0.364. The number of H-pyrrole nitrogens is 1. The van der Waals surface area contributed by atoms with Gasteiger partial charge in [0.05, 0.1) is 10.8 Å². The minimum atomic E-state index is -4.74. The second-order valence-electron chi connectivity index (χ2n) is 8.47. The molecular weight excluding hydrogens is 457 g/mol. The average Bonchev–Trinajstić information content (AvgIpc) is 3.41. The summed E-state index contributed by atoms with van der Waals surface area (Å²) in [5, 5.41) is -0.112. The van der Waals surface area contributed by atoms with Crippen molar-refractivity contribution in [3.63, 3.8) is 0 Å². The van der Waals surface area contributed by atoms with Crippen LogP contribution in [0.5, 0.6) is 0 Å². The molecule has 11 heteroatoms. The fourth-order valence-electron chi connectivity index (χ4n) is 4.06. The van der Waals surface area contributed by atoms with E-state index in [1.54, 1.807) is 12.3 Å². The van der Waals surface area contributed by atoms with Crippen LogP contribution in [0.25, 0.3) is 22.2 Å². The van der Waals surface area contributed by atoms with Gasteiger partial charge in [-0.1, -0.05) is 12.5 Å². The first-order valence-corrected chi connectivity index (χ1v) is 12.2. The van der Waals surface area contributed by atoms with Gasteiger partial charge >= 0.3 is 6.18 Å². The Morgan fingerprint density at radius 2 is 1.85 bits per heavy atom. The summed E-state index contributed by atoms with van der Waals surface area (Å²) in [6.45, 7) is 0. The number of benzene rings is 1. The van der Waals surface area contributed by atoms with Crippen molar-refractivity contribution in [2.75, 3.05) is 9.62 Å². The molecule has 7 nitrogen and oxygen atoms in total. The third-order valence-corrected chi connectivity index (χ3v) is 8.07. The molecule has 0 spiro atoms. The fourth-order valence-corrected chi connectivity index (χ4v) is 5.64. The Balaban J connectivity index is 1.62. The summed E-state index contributed by atoms with van der Waals surface area (Å²) in [4.78, 5) is 20.4. The molecule has 0 aliphatic heterocycles. The van der Waals surface area contributed by atoms with Gasteiger partial charge in [-0.25, -0.2) is 13.4 Å². The van der Waals surface area contributed by atoms with Gasteiger partial charge in [0.25, 0.3) is 0 Å². The van der Waals surface area contributed by atoms with E-state index in [1.165, 1.54) is 23.1 Å². The van der Waals surface area contributed by atoms with Crippen LogP contribution >= 0.6 is 0 Å². The molecule has 0 unspecified atom stereocenters. The molecule has 2 N–H and O–H groups in total. The zero-order chi connectivity index (χ0) is 23.4. The minimum Gasteiger partial charge on any atom is -0.346 e. The highest BCUT2D eigenvalue weighted by Crippen LogP contribution is 2.42. The number of sulfonamides is 1. The zero-order valence-corrected chi connectivity index (χ0v) is 18.2. The molecule has 2 saturated carbocycles. The minimum absolute atomic E-state index is 0.0133. The molecular formula is C22H21F3N4O3S. The molecule has 174 valence electrons. The first-order valence-electron chi connectivity index (χ1n) is 10.6. The first kappa shape index (κ1) is 21.7. The van der Waals surface area contributed by atoms with E-state index < -0.39 is 27.0 Å². The number of rotatable bonds is 7. The molecule has 2 aromatic heterocycles. The van der Waals surface area contributed by atoms with Gasteiger partial charge in [0.2, 0.25) is 16.4 Å². The van der Waals surface area contributed by atoms with Crippen molar-refractivity contribution in [3.8, 4) is 11.1 Å². The summed E-state index contributed by atoms with van der Waals surface area (Å²) in [6.07, 6.45) is 0.875. The molecule has 33 heavy (non-hydrogen) atoms. The predicted molar refractivity (Wildman–Crippen MR) is 118 cm³/mol. The van der Waals surface area contributed by atoms with Crippen molar-refractivity contribution < 1.29 is 26.4 Å². The summed E-state index contributed by atoms with van der Waals surface area (Å²) in [5.74, 6) is 0.264. The van der Waals surface area contributed by atoms with Crippen LogP contribution in [-0.2, 0) is 21.0 Å². The molecule has 1 amide bonds. The number of halogens is 3. The number of fused-ring (bicyclic) bond motifs is 1. The Kier molecular flexibility index (Phi) is 5.11. The van der Waals surface area contributed by atoms with E-state index in [4.69, 9.17) is 0 Å². The monoisotopic (exact) mass is 478 g/mol. The van der Waals surface area contributed by atoms with Gasteiger partial charge in [0, 0.05) is 23.3 Å². The third kappa shape index (κ3) is 4.05. The molecule has 0 atom stereocenters. The van der Waals surface area contributed by atoms with Crippen LogP contribution in [0.1, 0.15) is 37.7 Å². The number of aromatic amines is 1. The first-order chi connectivity index (χ1) is 15.7. The predicted octanol–water partition coefficient (Wildman–Crippen LogP) is 4.67. The van der Waals surface area contributed by atoms with Gasteiger partial charge in [0.1, 0.15) is 11.5 Å². The second-order valence-corrected chi connectivity index (χ2v) is 10.4. The van der Waals surface area contributed by atoms with E-state index in [1.807, 2.05) is 0 Å². The standard InChI is InChI=1S/C22H21F3N4O3S/c23-22(24,25)19-10-13(28-33(31,32)15-2-1-3-15)4-7-16(19)18-11-20(29(12-30)14-5-6-14)27-21-17(18)8-9-26-21/h4,7-12,14-15,28H,1-3,5-6H2,(H,26,27). The molecule has 0 bridgehead atoms. The Morgan fingerprint density at radius 1 is 1.09 bits per heavy atom. The van der Waals surface area contributed by atoms with Gasteiger partial charge < -0.3 is 4.98 Å². The van der Waals surface area contributed by atoms with Crippen LogP contribution in [0.3, 0.4) is 0 Å². The number of nitrogens with one attached hydrogen (secondary N) is 2. The molecule has 0 radical (unpaired) electrons. The second kappa shape index (κ2) is 7.75. The topological polar surface area (TPSA) is 95.2 Å². The third-order valence-electron chi connectivity index (χ3n) is 6.20. The van der Waals surface area contributed by atoms with Crippen molar-refractivity contribution >= 4 is 39.0 Å². The highest BCUT2D eigenvalue weighted by molar-refractivity contribution is 7.93. The number of alkyl halides is 3. The van der Waals surface area contributed by atoms with Crippen LogP contribution < -0.4 is 9.62 Å². The van der Waals surface area contributed by atoms with Crippen LogP contribution in [-0.4, -0.2) is 36.1 Å². The molecule has 2 aliphatic rings. The average molecular weight is 478 g/mol. The van der Waals surface area contributed by atoms with Crippen LogP contribution in [0, 0.1) is 0 Å². The van der Waals surface area contributed by atoms with Gasteiger partial charge in [0.15, 0.2) is 0 Å². The van der Waals surface area contributed by atoms with E-state index >= 15 is 0 Å². The van der Waals surface area contributed by atoms with Crippen molar-refractivity contribution in [2.45, 2.75) is 49.6 Å². The van der Waals surface area contributed by atoms with Crippen molar-refractivity contribution in [1.29, 1.82) is 0 Å². The number of carbonyl (C=O) groups excluding carboxylic acids is 1. The van der Waals surface area contributed by atoms with Crippen molar-refractivity contribution in [2.24, 2.45) is 0 Å². The maximum absolute atomic E-state index is 14.1. The lowest BCUT2D eigenvalue weighted by Gasteiger charge is -2.26. The van der Waals surface area contributed by atoms with Gasteiger partial charge in [-0.05, 0) is 61.1 Å². The summed E-state index contributed by atoms with van der Waals surface area (Å²) in [5.41, 5.74) is -0.614. The van der Waals surface area contributed by atoms with E-state index in [0.717, 1.165) is 25.3 Å². The summed E-state index contributed by atoms with van der Waals surface area (Å²) in [6, 6.07) is 6.50. The summed E-state index contributed by atoms with van der Waals surface area (Å²) < 4.78 is 69.5. The van der Waals surface area contributed by atoms with Crippen LogP contribution in [0.2, 0.25) is 0 Å². The molecule has 0 saturated heterocycles. The van der Waals surface area contributed by atoms with E-state index in [-0.39, 0.29) is 28.7 Å². The molecule has 5 rings (SSSR count). The lowest BCUT2D eigenvalue weighted by molar-refractivity contribution is -0.137. The number of nitrogens with zero attached hydrogens (tertiary/aromatic N) is 2. The summed E-state index contributed by atoms with van der Waals surface area (Å²) >= 11 is 0. The largest absolute Gasteiger partial charge is 0.417 e. The Bertz CT molecular complexity index is 1330. The van der Waals surface area contributed by atoms with Crippen molar-refractivity contribution in [3.05, 3.63) is 42.1 Å². The molecule has 2 fully saturated rings. The number of amides is 1. The number of hydrogen-bond acceptors (Lipinski definition) is 4. The molecule has 3 aromatic rings. The Labute approximate surface area is 188 Å². The van der Waals surface area contributed by atoms with Crippen molar-refractivity contribution in [1.82, 2.24) is 9.97 Å².